The minimum Gasteiger partial charge on any atom is -0.369 e. The van der Waals surface area contributed by atoms with Gasteiger partial charge in [-0.3, -0.25) is 33.8 Å². The lowest BCUT2D eigenvalue weighted by atomic mass is 9.81. The van der Waals surface area contributed by atoms with E-state index in [0.29, 0.717) is 19.3 Å². The molecule has 43 heavy (non-hydrogen) atoms. The summed E-state index contributed by atoms with van der Waals surface area (Å²) >= 11 is 0. The highest BCUT2D eigenvalue weighted by Crippen LogP contribution is 2.44. The van der Waals surface area contributed by atoms with Crippen LogP contribution in [0.15, 0.2) is 0 Å². The van der Waals surface area contributed by atoms with Crippen LogP contribution in [0, 0.1) is 23.7 Å². The van der Waals surface area contributed by atoms with E-state index in [9.17, 15) is 28.8 Å². The van der Waals surface area contributed by atoms with Crippen molar-refractivity contribution < 1.29 is 28.8 Å². The lowest BCUT2D eigenvalue weighted by Gasteiger charge is -2.41. The zero-order chi connectivity index (χ0) is 31.1. The molecule has 1 radical (unpaired) electrons. The smallest absolute Gasteiger partial charge is 0.260 e. The first-order chi connectivity index (χ1) is 20.4. The minimum absolute atomic E-state index is 0.0112. The van der Waals surface area contributed by atoms with E-state index < -0.39 is 58.2 Å². The number of nitrogens with zero attached hydrogens (tertiary/aromatic N) is 2. The summed E-state index contributed by atoms with van der Waals surface area (Å²) < 4.78 is 0. The first kappa shape index (κ1) is 31.6. The summed E-state index contributed by atoms with van der Waals surface area (Å²) in [6, 6.07) is -2.49. The van der Waals surface area contributed by atoms with Gasteiger partial charge in [0.15, 0.2) is 5.54 Å². The van der Waals surface area contributed by atoms with Crippen LogP contribution >= 0.6 is 0 Å². The molecule has 0 aromatic carbocycles. The molecule has 4 amide bonds. The van der Waals surface area contributed by atoms with E-state index >= 15 is 0 Å². The quantitative estimate of drug-likeness (QED) is 0.176. The number of carbonyl (C=O) groups is 6. The van der Waals surface area contributed by atoms with Crippen molar-refractivity contribution >= 4 is 35.2 Å². The van der Waals surface area contributed by atoms with Gasteiger partial charge in [0.25, 0.3) is 5.91 Å². The third kappa shape index (κ3) is 5.98. The standard InChI is InChI=1S/C32H48N5O6/c1-4-16-32(26(39)27(32)40)37(35-21-14-15-21)28(41)23-18-20-12-8-9-13-22(20)36(23)29(42)25(31(2,3)30(33)43)34-24(38)17-19-10-6-5-7-11-19/h17,19-23,25,35H,4-16,18H2,1-3H3,(H2,33,43)(H,34,38). The number of Topliss-reactive ketones (excluding diaryl/α,β-unsaturated/α-hetero) is 2. The largest absolute Gasteiger partial charge is 0.369 e. The number of fused-ring (bicyclic) bond motifs is 1. The summed E-state index contributed by atoms with van der Waals surface area (Å²) in [6.07, 6.45) is 12.8. The van der Waals surface area contributed by atoms with Gasteiger partial charge < -0.3 is 16.0 Å². The van der Waals surface area contributed by atoms with Crippen LogP contribution in [0.3, 0.4) is 0 Å². The highest BCUT2D eigenvalue weighted by atomic mass is 16.2. The van der Waals surface area contributed by atoms with E-state index in [1.807, 2.05) is 6.92 Å². The maximum Gasteiger partial charge on any atom is 0.260 e. The highest BCUT2D eigenvalue weighted by molar-refractivity contribution is 6.67. The predicted molar refractivity (Wildman–Crippen MR) is 157 cm³/mol. The molecule has 4 aliphatic carbocycles. The van der Waals surface area contributed by atoms with Crippen LogP contribution in [0.25, 0.3) is 0 Å². The number of nitrogens with one attached hydrogen (secondary N) is 2. The number of hydrogen-bond acceptors (Lipinski definition) is 7. The topological polar surface area (TPSA) is 159 Å². The lowest BCUT2D eigenvalue weighted by molar-refractivity contribution is -0.155. The molecule has 5 aliphatic rings. The number of carbonyl (C=O) groups excluding carboxylic acids is 6. The average Bonchev–Trinajstić information content (AvgIpc) is 3.85. The van der Waals surface area contributed by atoms with Crippen molar-refractivity contribution in [2.24, 2.45) is 23.0 Å². The molecular weight excluding hydrogens is 550 g/mol. The van der Waals surface area contributed by atoms with Gasteiger partial charge >= 0.3 is 0 Å². The van der Waals surface area contributed by atoms with Crippen molar-refractivity contribution in [1.82, 2.24) is 20.7 Å². The Labute approximate surface area is 254 Å². The second kappa shape index (κ2) is 12.3. The minimum atomic E-state index is -1.54. The normalized spacial score (nSPS) is 27.8. The molecule has 0 aromatic rings. The Morgan fingerprint density at radius 1 is 1.00 bits per heavy atom. The first-order valence-electron chi connectivity index (χ1n) is 16.4. The molecule has 4 unspecified atom stereocenters. The molecule has 0 spiro atoms. The molecule has 1 aliphatic heterocycles. The van der Waals surface area contributed by atoms with Gasteiger partial charge in [-0.25, -0.2) is 5.43 Å². The summed E-state index contributed by atoms with van der Waals surface area (Å²) in [5.41, 5.74) is 5.99. The Bertz CT molecular complexity index is 1140. The Morgan fingerprint density at radius 3 is 2.21 bits per heavy atom. The molecule has 0 aromatic heterocycles. The summed E-state index contributed by atoms with van der Waals surface area (Å²) in [5.74, 6) is -3.15. The second-order valence-corrected chi connectivity index (χ2v) is 14.0. The Kier molecular flexibility index (Phi) is 9.03. The summed E-state index contributed by atoms with van der Waals surface area (Å²) in [4.78, 5) is 82.3. The molecular formula is C32H48N5O6. The van der Waals surface area contributed by atoms with Crippen LogP contribution in [0.1, 0.15) is 111 Å². The number of likely N-dealkylation sites (tertiary alicyclic amines) is 1. The third-order valence-electron chi connectivity index (χ3n) is 10.6. The van der Waals surface area contributed by atoms with E-state index in [4.69, 9.17) is 5.73 Å². The molecule has 5 rings (SSSR count). The van der Waals surface area contributed by atoms with E-state index in [0.717, 1.165) is 64.2 Å². The van der Waals surface area contributed by atoms with Gasteiger partial charge in [0.2, 0.25) is 29.3 Å². The molecule has 1 heterocycles. The average molecular weight is 599 g/mol. The van der Waals surface area contributed by atoms with Gasteiger partial charge in [-0.1, -0.05) is 45.4 Å². The molecule has 4 N–H and O–H groups in total. The number of hydrazine groups is 1. The van der Waals surface area contributed by atoms with Gasteiger partial charge in [0.05, 0.1) is 11.8 Å². The van der Waals surface area contributed by atoms with Gasteiger partial charge in [0, 0.05) is 12.1 Å². The fourth-order valence-electron chi connectivity index (χ4n) is 7.62. The SMILES string of the molecule is CCCC1(N(NC2CC2)C(=O)C2CC3CCCCC3N2C(=O)C(NC(=O)[CH]C2CCCCC2)C(C)(C)C(N)=O)C(=O)C1=O. The van der Waals surface area contributed by atoms with Crippen molar-refractivity contribution in [2.75, 3.05) is 0 Å². The molecule has 11 heteroatoms. The third-order valence-corrected chi connectivity index (χ3v) is 10.6. The maximum atomic E-state index is 14.6. The monoisotopic (exact) mass is 598 g/mol. The van der Waals surface area contributed by atoms with Crippen LogP contribution in [-0.2, 0) is 28.8 Å². The Balaban J connectivity index is 1.46. The van der Waals surface area contributed by atoms with Crippen molar-refractivity contribution in [3.05, 3.63) is 6.42 Å². The molecule has 4 atom stereocenters. The predicted octanol–water partition coefficient (Wildman–Crippen LogP) is 2.11. The first-order valence-corrected chi connectivity index (χ1v) is 16.4. The van der Waals surface area contributed by atoms with Crippen LogP contribution in [0.2, 0.25) is 0 Å². The number of nitrogens with two attached hydrogens (primary N) is 1. The van der Waals surface area contributed by atoms with Crippen LogP contribution in [0.4, 0.5) is 0 Å². The molecule has 11 nitrogen and oxygen atoms in total. The Hall–Kier alpha value is -2.82. The summed E-state index contributed by atoms with van der Waals surface area (Å²) in [6.45, 7) is 4.95. The van der Waals surface area contributed by atoms with Gasteiger partial charge in [-0.05, 0) is 77.0 Å². The van der Waals surface area contributed by atoms with Gasteiger partial charge in [0.1, 0.15) is 12.1 Å². The second-order valence-electron chi connectivity index (χ2n) is 14.0. The maximum absolute atomic E-state index is 14.6. The number of hydrogen-bond donors (Lipinski definition) is 3. The molecule has 4 saturated carbocycles. The summed E-state index contributed by atoms with van der Waals surface area (Å²) in [5, 5.41) is 4.09. The Morgan fingerprint density at radius 2 is 1.63 bits per heavy atom. The van der Waals surface area contributed by atoms with Crippen molar-refractivity contribution in [3.8, 4) is 0 Å². The molecule has 0 bridgehead atoms. The summed E-state index contributed by atoms with van der Waals surface area (Å²) in [7, 11) is 0. The van der Waals surface area contributed by atoms with Crippen LogP contribution in [-0.4, -0.2) is 74.8 Å². The van der Waals surface area contributed by atoms with Crippen LogP contribution in [0.5, 0.6) is 0 Å². The number of primary amides is 1. The van der Waals surface area contributed by atoms with Gasteiger partial charge in [-0.2, -0.15) is 0 Å². The van der Waals surface area contributed by atoms with Crippen LogP contribution < -0.4 is 16.5 Å². The fraction of sp³-hybridized carbons (Fsp3) is 0.781. The number of amides is 4. The number of ketones is 2. The van der Waals surface area contributed by atoms with Crippen molar-refractivity contribution in [3.63, 3.8) is 0 Å². The molecule has 1 saturated heterocycles. The highest BCUT2D eigenvalue weighted by Gasteiger charge is 2.71. The zero-order valence-corrected chi connectivity index (χ0v) is 25.9. The molecule has 237 valence electrons. The van der Waals surface area contributed by atoms with E-state index in [-0.39, 0.29) is 30.3 Å². The van der Waals surface area contributed by atoms with Gasteiger partial charge in [-0.15, -0.1) is 0 Å². The zero-order valence-electron chi connectivity index (χ0n) is 25.9. The lowest BCUT2D eigenvalue weighted by Crippen LogP contribution is -2.64. The van der Waals surface area contributed by atoms with Crippen molar-refractivity contribution in [1.29, 1.82) is 0 Å². The van der Waals surface area contributed by atoms with Crippen molar-refractivity contribution in [2.45, 2.75) is 140 Å². The van der Waals surface area contributed by atoms with E-state index in [1.54, 1.807) is 25.2 Å². The fourth-order valence-corrected chi connectivity index (χ4v) is 7.62. The van der Waals surface area contributed by atoms with E-state index in [2.05, 4.69) is 10.7 Å². The van der Waals surface area contributed by atoms with E-state index in [1.165, 1.54) is 5.01 Å². The molecule has 5 fully saturated rings. The number of rotatable bonds is 12.